The molecule has 0 aliphatic carbocycles. The van der Waals surface area contributed by atoms with Crippen LogP contribution in [-0.2, 0) is 11.3 Å². The van der Waals surface area contributed by atoms with Crippen molar-refractivity contribution in [1.82, 2.24) is 9.55 Å². The number of nitrogens with one attached hydrogen (secondary N) is 1. The highest BCUT2D eigenvalue weighted by atomic mass is 32.2. The van der Waals surface area contributed by atoms with Crippen LogP contribution in [0.4, 0.5) is 5.69 Å². The lowest BCUT2D eigenvalue weighted by Gasteiger charge is -2.12. The molecule has 0 saturated carbocycles. The molecule has 1 heterocycles. The second kappa shape index (κ2) is 8.59. The van der Waals surface area contributed by atoms with Gasteiger partial charge in [0.1, 0.15) is 5.75 Å². The number of hydrogen-bond donors (Lipinski definition) is 1. The van der Waals surface area contributed by atoms with Gasteiger partial charge in [-0.15, -0.1) is 0 Å². The lowest BCUT2D eigenvalue weighted by molar-refractivity contribution is -0.113. The van der Waals surface area contributed by atoms with Gasteiger partial charge in [0.05, 0.1) is 23.8 Å². The number of aromatic nitrogens is 2. The van der Waals surface area contributed by atoms with Crippen LogP contribution in [0.3, 0.4) is 0 Å². The van der Waals surface area contributed by atoms with Crippen molar-refractivity contribution >= 4 is 45.0 Å². The maximum atomic E-state index is 13.0. The first kappa shape index (κ1) is 20.0. The van der Waals surface area contributed by atoms with Crippen LogP contribution < -0.4 is 15.6 Å². The normalized spacial score (nSPS) is 11.0. The minimum atomic E-state index is -0.177. The third-order valence-corrected chi connectivity index (χ3v) is 5.77. The summed E-state index contributed by atoms with van der Waals surface area (Å²) in [6, 6.07) is 18.9. The average molecular weight is 420 g/mol. The molecule has 0 unspecified atom stereocenters. The molecule has 6 nitrogen and oxygen atoms in total. The summed E-state index contributed by atoms with van der Waals surface area (Å²) in [6.07, 6.45) is 0. The van der Waals surface area contributed by atoms with E-state index in [4.69, 9.17) is 4.74 Å². The van der Waals surface area contributed by atoms with E-state index in [0.717, 1.165) is 10.8 Å². The Labute approximate surface area is 177 Å². The van der Waals surface area contributed by atoms with Crippen molar-refractivity contribution in [2.45, 2.75) is 18.6 Å². The molecule has 0 spiro atoms. The van der Waals surface area contributed by atoms with E-state index < -0.39 is 0 Å². The summed E-state index contributed by atoms with van der Waals surface area (Å²) < 4.78 is 6.79. The van der Waals surface area contributed by atoms with E-state index in [2.05, 4.69) is 10.3 Å². The second-order valence-electron chi connectivity index (χ2n) is 6.73. The third-order valence-electron chi connectivity index (χ3n) is 4.79. The zero-order valence-corrected chi connectivity index (χ0v) is 17.5. The number of carbonyl (C=O) groups is 1. The monoisotopic (exact) mass is 419 g/mol. The molecule has 1 aromatic heterocycles. The number of anilines is 1. The minimum Gasteiger partial charge on any atom is -0.497 e. The van der Waals surface area contributed by atoms with Gasteiger partial charge in [0.25, 0.3) is 5.56 Å². The van der Waals surface area contributed by atoms with Gasteiger partial charge in [-0.1, -0.05) is 42.1 Å². The molecule has 0 saturated heterocycles. The van der Waals surface area contributed by atoms with Crippen molar-refractivity contribution < 1.29 is 9.53 Å². The van der Waals surface area contributed by atoms with E-state index in [0.29, 0.717) is 34.0 Å². The zero-order valence-electron chi connectivity index (χ0n) is 16.7. The average Bonchev–Trinajstić information content (AvgIpc) is 2.77. The maximum Gasteiger partial charge on any atom is 0.262 e. The van der Waals surface area contributed by atoms with Crippen LogP contribution in [0, 0.1) is 0 Å². The molecule has 0 bridgehead atoms. The van der Waals surface area contributed by atoms with Gasteiger partial charge in [-0.2, -0.15) is 0 Å². The van der Waals surface area contributed by atoms with Crippen LogP contribution in [-0.4, -0.2) is 28.3 Å². The van der Waals surface area contributed by atoms with E-state index in [1.807, 2.05) is 55.5 Å². The van der Waals surface area contributed by atoms with Crippen LogP contribution in [0.1, 0.15) is 6.92 Å². The van der Waals surface area contributed by atoms with Crippen molar-refractivity contribution in [3.63, 3.8) is 0 Å². The second-order valence-corrected chi connectivity index (χ2v) is 7.67. The van der Waals surface area contributed by atoms with Gasteiger partial charge in [-0.05, 0) is 42.0 Å². The van der Waals surface area contributed by atoms with E-state index in [1.54, 1.807) is 23.8 Å². The maximum absolute atomic E-state index is 13.0. The zero-order chi connectivity index (χ0) is 21.1. The number of hydrogen-bond acceptors (Lipinski definition) is 5. The number of ether oxygens (including phenoxy) is 1. The van der Waals surface area contributed by atoms with Crippen LogP contribution in [0.25, 0.3) is 21.7 Å². The Hall–Kier alpha value is -3.32. The van der Waals surface area contributed by atoms with E-state index >= 15 is 0 Å². The van der Waals surface area contributed by atoms with Gasteiger partial charge in [0.15, 0.2) is 5.16 Å². The number of amides is 1. The fraction of sp³-hybridized carbons (Fsp3) is 0.174. The Morgan fingerprint density at radius 3 is 2.60 bits per heavy atom. The van der Waals surface area contributed by atoms with Crippen molar-refractivity contribution in [2.24, 2.45) is 0 Å². The fourth-order valence-corrected chi connectivity index (χ4v) is 4.17. The molecule has 4 rings (SSSR count). The number of nitrogens with zero attached hydrogens (tertiary/aromatic N) is 2. The Kier molecular flexibility index (Phi) is 5.72. The summed E-state index contributed by atoms with van der Waals surface area (Å²) in [4.78, 5) is 30.1. The number of thioether (sulfide) groups is 1. The van der Waals surface area contributed by atoms with Crippen LogP contribution in [0.15, 0.2) is 70.6 Å². The molecule has 30 heavy (non-hydrogen) atoms. The molecule has 0 radical (unpaired) electrons. The van der Waals surface area contributed by atoms with Gasteiger partial charge in [-0.25, -0.2) is 4.98 Å². The Balaban J connectivity index is 1.60. The summed E-state index contributed by atoms with van der Waals surface area (Å²) in [6.45, 7) is 2.38. The van der Waals surface area contributed by atoms with Gasteiger partial charge in [0.2, 0.25) is 5.91 Å². The topological polar surface area (TPSA) is 73.2 Å². The van der Waals surface area contributed by atoms with E-state index in [1.165, 1.54) is 11.8 Å². The molecule has 1 amide bonds. The predicted molar refractivity (Wildman–Crippen MR) is 122 cm³/mol. The highest BCUT2D eigenvalue weighted by Gasteiger charge is 2.13. The molecule has 0 aliphatic rings. The Bertz CT molecular complexity index is 1300. The first-order valence-electron chi connectivity index (χ1n) is 9.59. The SMILES string of the molecule is CCn1c(SCC(=O)Nc2cccc(OC)c2)nc2cc3ccccc3cc2c1=O. The van der Waals surface area contributed by atoms with Gasteiger partial charge in [0, 0.05) is 18.3 Å². The smallest absolute Gasteiger partial charge is 0.262 e. The first-order chi connectivity index (χ1) is 14.6. The van der Waals surface area contributed by atoms with Gasteiger partial charge < -0.3 is 10.1 Å². The van der Waals surface area contributed by atoms with E-state index in [-0.39, 0.29) is 17.2 Å². The quantitative estimate of drug-likeness (QED) is 0.286. The number of carbonyl (C=O) groups excluding carboxylic acids is 1. The number of methoxy groups -OCH3 is 1. The summed E-state index contributed by atoms with van der Waals surface area (Å²) >= 11 is 1.25. The fourth-order valence-electron chi connectivity index (χ4n) is 3.30. The van der Waals surface area contributed by atoms with Crippen molar-refractivity contribution in [2.75, 3.05) is 18.2 Å². The molecule has 152 valence electrons. The number of rotatable bonds is 6. The molecular formula is C23H21N3O3S. The van der Waals surface area contributed by atoms with Gasteiger partial charge in [-0.3, -0.25) is 14.2 Å². The Morgan fingerprint density at radius 1 is 1.10 bits per heavy atom. The summed E-state index contributed by atoms with van der Waals surface area (Å²) in [5.41, 5.74) is 1.20. The first-order valence-corrected chi connectivity index (χ1v) is 10.6. The molecule has 4 aromatic rings. The van der Waals surface area contributed by atoms with Crippen LogP contribution in [0.2, 0.25) is 0 Å². The highest BCUT2D eigenvalue weighted by molar-refractivity contribution is 7.99. The van der Waals surface area contributed by atoms with Gasteiger partial charge >= 0.3 is 0 Å². The van der Waals surface area contributed by atoms with Crippen molar-refractivity contribution in [1.29, 1.82) is 0 Å². The minimum absolute atomic E-state index is 0.0936. The molecular weight excluding hydrogens is 398 g/mol. The highest BCUT2D eigenvalue weighted by Crippen LogP contribution is 2.23. The van der Waals surface area contributed by atoms with Crippen molar-refractivity contribution in [3.05, 3.63) is 71.0 Å². The lowest BCUT2D eigenvalue weighted by atomic mass is 10.1. The number of fused-ring (bicyclic) bond motifs is 2. The molecule has 1 N–H and O–H groups in total. The predicted octanol–water partition coefficient (Wildman–Crippen LogP) is 4.31. The Morgan fingerprint density at radius 2 is 1.87 bits per heavy atom. The molecule has 0 atom stereocenters. The molecule has 0 aliphatic heterocycles. The molecule has 7 heteroatoms. The van der Waals surface area contributed by atoms with Crippen LogP contribution in [0.5, 0.6) is 5.75 Å². The number of benzene rings is 3. The van der Waals surface area contributed by atoms with Crippen LogP contribution >= 0.6 is 11.8 Å². The lowest BCUT2D eigenvalue weighted by Crippen LogP contribution is -2.23. The standard InChI is InChI=1S/C23H21N3O3S/c1-3-26-22(28)19-11-15-7-4-5-8-16(15)12-20(19)25-23(26)30-14-21(27)24-17-9-6-10-18(13-17)29-2/h4-13H,3,14H2,1-2H3,(H,24,27). The third kappa shape index (κ3) is 4.02. The summed E-state index contributed by atoms with van der Waals surface area (Å²) in [7, 11) is 1.58. The largest absolute Gasteiger partial charge is 0.497 e. The molecule has 3 aromatic carbocycles. The van der Waals surface area contributed by atoms with E-state index in [9.17, 15) is 9.59 Å². The summed E-state index contributed by atoms with van der Waals surface area (Å²) in [5, 5.41) is 5.99. The molecule has 0 fully saturated rings. The summed E-state index contributed by atoms with van der Waals surface area (Å²) in [5.74, 6) is 0.635. The van der Waals surface area contributed by atoms with Crippen molar-refractivity contribution in [3.8, 4) is 5.75 Å².